The fourth-order valence-electron chi connectivity index (χ4n) is 2.87. The highest BCUT2D eigenvalue weighted by molar-refractivity contribution is 6.06. The number of amides is 1. The van der Waals surface area contributed by atoms with Crippen molar-refractivity contribution < 1.29 is 14.3 Å². The summed E-state index contributed by atoms with van der Waals surface area (Å²) in [4.78, 5) is 12.8. The Morgan fingerprint density at radius 3 is 2.04 bits per heavy atom. The van der Waals surface area contributed by atoms with Gasteiger partial charge in [-0.15, -0.1) is 0 Å². The van der Waals surface area contributed by atoms with Gasteiger partial charge in [-0.3, -0.25) is 4.79 Å². The molecule has 1 N–H and O–H groups in total. The second kappa shape index (κ2) is 7.74. The summed E-state index contributed by atoms with van der Waals surface area (Å²) in [6.07, 6.45) is 0. The van der Waals surface area contributed by atoms with E-state index in [1.54, 1.807) is 26.4 Å². The molecule has 0 bridgehead atoms. The molecular formula is C22H21NO3. The molecule has 0 saturated heterocycles. The molecule has 3 aromatic rings. The van der Waals surface area contributed by atoms with E-state index in [-0.39, 0.29) is 5.91 Å². The monoisotopic (exact) mass is 347 g/mol. The maximum Gasteiger partial charge on any atom is 0.255 e. The van der Waals surface area contributed by atoms with Gasteiger partial charge < -0.3 is 14.8 Å². The molecule has 1 amide bonds. The Kier molecular flexibility index (Phi) is 5.23. The van der Waals surface area contributed by atoms with Gasteiger partial charge in [0.15, 0.2) is 0 Å². The number of ether oxygens (including phenoxy) is 2. The summed E-state index contributed by atoms with van der Waals surface area (Å²) in [6, 6.07) is 21.1. The molecule has 26 heavy (non-hydrogen) atoms. The molecule has 3 rings (SSSR count). The van der Waals surface area contributed by atoms with Crippen LogP contribution < -0.4 is 14.8 Å². The average molecular weight is 347 g/mol. The van der Waals surface area contributed by atoms with Crippen LogP contribution in [-0.4, -0.2) is 20.1 Å². The molecule has 0 aliphatic rings. The number of para-hydroxylation sites is 1. The van der Waals surface area contributed by atoms with E-state index in [0.29, 0.717) is 17.1 Å². The van der Waals surface area contributed by atoms with E-state index in [2.05, 4.69) is 5.32 Å². The normalized spacial score (nSPS) is 10.3. The Morgan fingerprint density at radius 1 is 0.846 bits per heavy atom. The van der Waals surface area contributed by atoms with Crippen LogP contribution in [0, 0.1) is 6.92 Å². The maximum atomic E-state index is 12.8. The van der Waals surface area contributed by atoms with E-state index in [1.807, 2.05) is 61.5 Å². The van der Waals surface area contributed by atoms with Crippen molar-refractivity contribution in [1.29, 1.82) is 0 Å². The molecule has 132 valence electrons. The van der Waals surface area contributed by atoms with Gasteiger partial charge in [-0.2, -0.15) is 0 Å². The first-order valence-corrected chi connectivity index (χ1v) is 8.32. The molecule has 0 unspecified atom stereocenters. The smallest absolute Gasteiger partial charge is 0.255 e. The molecule has 0 fully saturated rings. The number of nitrogens with one attached hydrogen (secondary N) is 1. The van der Waals surface area contributed by atoms with E-state index < -0.39 is 0 Å². The van der Waals surface area contributed by atoms with Crippen LogP contribution in [0.15, 0.2) is 66.7 Å². The third-order valence-corrected chi connectivity index (χ3v) is 4.27. The second-order valence-electron chi connectivity index (χ2n) is 5.87. The standard InChI is InChI=1S/C22H21NO3/c1-15-20(25-2)13-17(14-21(15)26-3)22(24)23-19-12-8-7-11-18(19)16-9-5-4-6-10-16/h4-14H,1-3H3,(H,23,24). The van der Waals surface area contributed by atoms with E-state index in [4.69, 9.17) is 9.47 Å². The first-order chi connectivity index (χ1) is 12.6. The number of hydrogen-bond acceptors (Lipinski definition) is 3. The molecule has 0 heterocycles. The van der Waals surface area contributed by atoms with Crippen LogP contribution in [-0.2, 0) is 0 Å². The number of rotatable bonds is 5. The molecule has 0 aliphatic carbocycles. The van der Waals surface area contributed by atoms with Crippen molar-refractivity contribution in [3.63, 3.8) is 0 Å². The predicted molar refractivity (Wildman–Crippen MR) is 104 cm³/mol. The Morgan fingerprint density at radius 2 is 1.42 bits per heavy atom. The summed E-state index contributed by atoms with van der Waals surface area (Å²) in [5.74, 6) is 1.02. The van der Waals surface area contributed by atoms with E-state index >= 15 is 0 Å². The molecule has 0 aromatic heterocycles. The zero-order chi connectivity index (χ0) is 18.5. The summed E-state index contributed by atoms with van der Waals surface area (Å²) in [5, 5.41) is 3.00. The van der Waals surface area contributed by atoms with Gasteiger partial charge in [0, 0.05) is 22.4 Å². The van der Waals surface area contributed by atoms with Gasteiger partial charge in [-0.25, -0.2) is 0 Å². The van der Waals surface area contributed by atoms with Gasteiger partial charge in [-0.1, -0.05) is 48.5 Å². The highest BCUT2D eigenvalue weighted by atomic mass is 16.5. The molecule has 0 aliphatic heterocycles. The molecule has 0 atom stereocenters. The van der Waals surface area contributed by atoms with Gasteiger partial charge in [0.05, 0.1) is 14.2 Å². The van der Waals surface area contributed by atoms with Crippen molar-refractivity contribution in [3.8, 4) is 22.6 Å². The lowest BCUT2D eigenvalue weighted by Crippen LogP contribution is -2.13. The number of hydrogen-bond donors (Lipinski definition) is 1. The second-order valence-corrected chi connectivity index (χ2v) is 5.87. The lowest BCUT2D eigenvalue weighted by Gasteiger charge is -2.14. The fraction of sp³-hybridized carbons (Fsp3) is 0.136. The van der Waals surface area contributed by atoms with Crippen LogP contribution in [0.3, 0.4) is 0 Å². The quantitative estimate of drug-likeness (QED) is 0.712. The molecule has 0 saturated carbocycles. The van der Waals surface area contributed by atoms with Gasteiger partial charge in [-0.05, 0) is 30.7 Å². The van der Waals surface area contributed by atoms with E-state index in [1.165, 1.54) is 0 Å². The minimum Gasteiger partial charge on any atom is -0.496 e. The van der Waals surface area contributed by atoms with Crippen molar-refractivity contribution >= 4 is 11.6 Å². The number of benzene rings is 3. The summed E-state index contributed by atoms with van der Waals surface area (Å²) >= 11 is 0. The van der Waals surface area contributed by atoms with Gasteiger partial charge in [0.25, 0.3) is 5.91 Å². The van der Waals surface area contributed by atoms with Crippen LogP contribution in [0.1, 0.15) is 15.9 Å². The fourth-order valence-corrected chi connectivity index (χ4v) is 2.87. The molecule has 3 aromatic carbocycles. The molecule has 0 radical (unpaired) electrons. The highest BCUT2D eigenvalue weighted by Crippen LogP contribution is 2.31. The van der Waals surface area contributed by atoms with Crippen LogP contribution >= 0.6 is 0 Å². The first-order valence-electron chi connectivity index (χ1n) is 8.32. The van der Waals surface area contributed by atoms with Gasteiger partial charge in [0.1, 0.15) is 11.5 Å². The Bertz CT molecular complexity index is 895. The molecule has 4 heteroatoms. The minimum atomic E-state index is -0.218. The maximum absolute atomic E-state index is 12.8. The van der Waals surface area contributed by atoms with Crippen molar-refractivity contribution in [2.75, 3.05) is 19.5 Å². The lowest BCUT2D eigenvalue weighted by molar-refractivity contribution is 0.102. The average Bonchev–Trinajstić information content (AvgIpc) is 2.69. The van der Waals surface area contributed by atoms with Crippen LogP contribution in [0.2, 0.25) is 0 Å². The summed E-state index contributed by atoms with van der Waals surface area (Å²) in [5.41, 5.74) is 4.10. The third kappa shape index (κ3) is 3.54. The number of carbonyl (C=O) groups excluding carboxylic acids is 1. The predicted octanol–water partition coefficient (Wildman–Crippen LogP) is 4.93. The Balaban J connectivity index is 1.95. The number of methoxy groups -OCH3 is 2. The topological polar surface area (TPSA) is 47.6 Å². The van der Waals surface area contributed by atoms with Crippen molar-refractivity contribution in [1.82, 2.24) is 0 Å². The molecule has 4 nitrogen and oxygen atoms in total. The van der Waals surface area contributed by atoms with Crippen molar-refractivity contribution in [3.05, 3.63) is 77.9 Å². The Hall–Kier alpha value is -3.27. The van der Waals surface area contributed by atoms with Crippen molar-refractivity contribution in [2.24, 2.45) is 0 Å². The van der Waals surface area contributed by atoms with Gasteiger partial charge in [0.2, 0.25) is 0 Å². The lowest BCUT2D eigenvalue weighted by atomic mass is 10.0. The number of anilines is 1. The highest BCUT2D eigenvalue weighted by Gasteiger charge is 2.15. The Labute approximate surface area is 153 Å². The first kappa shape index (κ1) is 17.5. The minimum absolute atomic E-state index is 0.218. The molecular weight excluding hydrogens is 326 g/mol. The zero-order valence-corrected chi connectivity index (χ0v) is 15.1. The number of carbonyl (C=O) groups is 1. The van der Waals surface area contributed by atoms with E-state index in [9.17, 15) is 4.79 Å². The zero-order valence-electron chi connectivity index (χ0n) is 15.1. The third-order valence-electron chi connectivity index (χ3n) is 4.27. The molecule has 0 spiro atoms. The largest absolute Gasteiger partial charge is 0.496 e. The van der Waals surface area contributed by atoms with Gasteiger partial charge >= 0.3 is 0 Å². The summed E-state index contributed by atoms with van der Waals surface area (Å²) < 4.78 is 10.7. The van der Waals surface area contributed by atoms with E-state index in [0.717, 1.165) is 22.4 Å². The van der Waals surface area contributed by atoms with Crippen LogP contribution in [0.5, 0.6) is 11.5 Å². The van der Waals surface area contributed by atoms with Crippen molar-refractivity contribution in [2.45, 2.75) is 6.92 Å². The summed E-state index contributed by atoms with van der Waals surface area (Å²) in [6.45, 7) is 1.89. The van der Waals surface area contributed by atoms with Crippen LogP contribution in [0.4, 0.5) is 5.69 Å². The van der Waals surface area contributed by atoms with Crippen LogP contribution in [0.25, 0.3) is 11.1 Å². The SMILES string of the molecule is COc1cc(C(=O)Nc2ccccc2-c2ccccc2)cc(OC)c1C. The summed E-state index contributed by atoms with van der Waals surface area (Å²) in [7, 11) is 3.16.